The molecular weight excluding hydrogens is 470 g/mol. The summed E-state index contributed by atoms with van der Waals surface area (Å²) in [4.78, 5) is 43.1. The van der Waals surface area contributed by atoms with Crippen molar-refractivity contribution in [1.82, 2.24) is 20.2 Å². The lowest BCUT2D eigenvalue weighted by Crippen LogP contribution is -2.48. The van der Waals surface area contributed by atoms with E-state index in [1.165, 1.54) is 0 Å². The van der Waals surface area contributed by atoms with Gasteiger partial charge in [-0.15, -0.1) is 0 Å². The molecule has 0 unspecified atom stereocenters. The number of nitrogens with one attached hydrogen (secondary N) is 3. The number of anilines is 1. The average molecular weight is 506 g/mol. The van der Waals surface area contributed by atoms with Gasteiger partial charge < -0.3 is 25.3 Å². The molecule has 1 heterocycles. The van der Waals surface area contributed by atoms with Crippen LogP contribution in [0.1, 0.15) is 47.4 Å². The maximum atomic E-state index is 13.2. The molecule has 0 radical (unpaired) electrons. The number of amides is 2. The van der Waals surface area contributed by atoms with Crippen molar-refractivity contribution in [3.8, 4) is 5.75 Å². The highest BCUT2D eigenvalue weighted by molar-refractivity contribution is 6.09. The highest BCUT2D eigenvalue weighted by atomic mass is 16.5. The first-order chi connectivity index (χ1) is 17.9. The fraction of sp³-hybridized carbons (Fsp3) is 0.357. The van der Waals surface area contributed by atoms with E-state index < -0.39 is 11.9 Å². The van der Waals surface area contributed by atoms with Crippen molar-refractivity contribution >= 4 is 23.3 Å². The summed E-state index contributed by atoms with van der Waals surface area (Å²) in [7, 11) is 1.56. The monoisotopic (exact) mass is 505 g/mol. The SMILES string of the molecule is CC[C@H](C)[C@@H](NC(=O)c1ccccc1NC(=O)c1ccc(OC)cc1)C(=O)CNCCCn1ccnc1. The molecule has 9 heteroatoms. The molecule has 3 N–H and O–H groups in total. The van der Waals surface area contributed by atoms with Gasteiger partial charge in [-0.05, 0) is 55.3 Å². The Morgan fingerprint density at radius 1 is 1.05 bits per heavy atom. The number of para-hydroxylation sites is 1. The van der Waals surface area contributed by atoms with Crippen LogP contribution in [0.2, 0.25) is 0 Å². The van der Waals surface area contributed by atoms with Crippen LogP contribution in [0.25, 0.3) is 0 Å². The smallest absolute Gasteiger partial charge is 0.255 e. The molecule has 0 aliphatic heterocycles. The Morgan fingerprint density at radius 2 is 1.81 bits per heavy atom. The number of carbonyl (C=O) groups excluding carboxylic acids is 3. The van der Waals surface area contributed by atoms with E-state index in [1.54, 1.807) is 68.2 Å². The number of nitrogens with zero attached hydrogens (tertiary/aromatic N) is 2. The van der Waals surface area contributed by atoms with Crippen molar-refractivity contribution in [2.24, 2.45) is 5.92 Å². The van der Waals surface area contributed by atoms with Crippen LogP contribution in [0.4, 0.5) is 5.69 Å². The van der Waals surface area contributed by atoms with Gasteiger partial charge in [0, 0.05) is 24.5 Å². The number of hydrogen-bond donors (Lipinski definition) is 3. The Bertz CT molecular complexity index is 1160. The molecule has 2 atom stereocenters. The minimum absolute atomic E-state index is 0.0507. The van der Waals surface area contributed by atoms with E-state index in [9.17, 15) is 14.4 Å². The van der Waals surface area contributed by atoms with Crippen LogP contribution in [-0.2, 0) is 11.3 Å². The summed E-state index contributed by atoms with van der Waals surface area (Å²) in [5, 5.41) is 8.90. The number of ether oxygens (including phenoxy) is 1. The first-order valence-corrected chi connectivity index (χ1v) is 12.5. The highest BCUT2D eigenvalue weighted by Gasteiger charge is 2.27. The molecule has 9 nitrogen and oxygen atoms in total. The quantitative estimate of drug-likeness (QED) is 0.289. The fourth-order valence-electron chi connectivity index (χ4n) is 3.85. The van der Waals surface area contributed by atoms with Gasteiger partial charge in [0.15, 0.2) is 5.78 Å². The summed E-state index contributed by atoms with van der Waals surface area (Å²) in [6.45, 7) is 5.57. The van der Waals surface area contributed by atoms with Crippen LogP contribution in [0.3, 0.4) is 0 Å². The van der Waals surface area contributed by atoms with Crippen molar-refractivity contribution in [1.29, 1.82) is 0 Å². The molecule has 1 aromatic heterocycles. The van der Waals surface area contributed by atoms with Crippen molar-refractivity contribution in [2.45, 2.75) is 39.3 Å². The molecule has 0 fully saturated rings. The zero-order chi connectivity index (χ0) is 26.6. The maximum absolute atomic E-state index is 13.2. The van der Waals surface area contributed by atoms with E-state index in [-0.39, 0.29) is 24.2 Å². The number of benzene rings is 2. The molecule has 3 aromatic rings. The number of Topliss-reactive ketones (excluding diaryl/α,β-unsaturated/α-hetero) is 1. The van der Waals surface area contributed by atoms with E-state index in [2.05, 4.69) is 20.9 Å². The Balaban J connectivity index is 1.61. The predicted molar refractivity (Wildman–Crippen MR) is 143 cm³/mol. The molecule has 3 rings (SSSR count). The van der Waals surface area contributed by atoms with Gasteiger partial charge >= 0.3 is 0 Å². The minimum Gasteiger partial charge on any atom is -0.497 e. The number of aryl methyl sites for hydroxylation is 1. The van der Waals surface area contributed by atoms with E-state index >= 15 is 0 Å². The van der Waals surface area contributed by atoms with Crippen LogP contribution in [0.5, 0.6) is 5.75 Å². The molecule has 2 aromatic carbocycles. The van der Waals surface area contributed by atoms with Crippen molar-refractivity contribution in [3.05, 3.63) is 78.4 Å². The Morgan fingerprint density at radius 3 is 2.49 bits per heavy atom. The predicted octanol–water partition coefficient (Wildman–Crippen LogP) is 3.54. The van der Waals surface area contributed by atoms with Gasteiger partial charge in [0.25, 0.3) is 11.8 Å². The number of carbonyl (C=O) groups is 3. The van der Waals surface area contributed by atoms with E-state index in [0.29, 0.717) is 29.1 Å². The number of imidazole rings is 1. The highest BCUT2D eigenvalue weighted by Crippen LogP contribution is 2.19. The molecule has 37 heavy (non-hydrogen) atoms. The number of rotatable bonds is 14. The van der Waals surface area contributed by atoms with E-state index in [1.807, 2.05) is 24.6 Å². The van der Waals surface area contributed by atoms with Crippen molar-refractivity contribution in [3.63, 3.8) is 0 Å². The lowest BCUT2D eigenvalue weighted by Gasteiger charge is -2.24. The van der Waals surface area contributed by atoms with Gasteiger partial charge in [-0.25, -0.2) is 4.98 Å². The maximum Gasteiger partial charge on any atom is 0.255 e. The molecule has 2 amide bonds. The second kappa shape index (κ2) is 13.9. The van der Waals surface area contributed by atoms with Crippen LogP contribution in [0, 0.1) is 5.92 Å². The topological polar surface area (TPSA) is 114 Å². The van der Waals surface area contributed by atoms with Gasteiger partial charge in [-0.1, -0.05) is 32.4 Å². The summed E-state index contributed by atoms with van der Waals surface area (Å²) in [6.07, 6.45) is 6.98. The van der Waals surface area contributed by atoms with Crippen LogP contribution in [0.15, 0.2) is 67.3 Å². The van der Waals surface area contributed by atoms with Crippen LogP contribution in [-0.4, -0.2) is 53.4 Å². The normalized spacial score (nSPS) is 12.4. The van der Waals surface area contributed by atoms with Gasteiger partial charge in [0.1, 0.15) is 5.75 Å². The third kappa shape index (κ3) is 8.01. The van der Waals surface area contributed by atoms with Gasteiger partial charge in [-0.3, -0.25) is 14.4 Å². The Labute approximate surface area is 217 Å². The number of methoxy groups -OCH3 is 1. The van der Waals surface area contributed by atoms with Gasteiger partial charge in [-0.2, -0.15) is 0 Å². The summed E-state index contributed by atoms with van der Waals surface area (Å²) in [5.41, 5.74) is 1.09. The number of aromatic nitrogens is 2. The van der Waals surface area contributed by atoms with Crippen molar-refractivity contribution in [2.75, 3.05) is 25.5 Å². The van der Waals surface area contributed by atoms with E-state index in [0.717, 1.165) is 19.4 Å². The largest absolute Gasteiger partial charge is 0.497 e. The molecule has 0 spiro atoms. The lowest BCUT2D eigenvalue weighted by molar-refractivity contribution is -0.121. The molecule has 0 saturated heterocycles. The summed E-state index contributed by atoms with van der Waals surface area (Å²) in [6, 6.07) is 12.8. The zero-order valence-electron chi connectivity index (χ0n) is 21.6. The molecule has 0 aliphatic carbocycles. The minimum atomic E-state index is -0.649. The van der Waals surface area contributed by atoms with Gasteiger partial charge in [0.2, 0.25) is 0 Å². The molecule has 196 valence electrons. The summed E-state index contributed by atoms with van der Waals surface area (Å²) < 4.78 is 7.12. The summed E-state index contributed by atoms with van der Waals surface area (Å²) in [5.74, 6) is -0.248. The summed E-state index contributed by atoms with van der Waals surface area (Å²) >= 11 is 0. The standard InChI is InChI=1S/C28H35N5O4/c1-4-20(2)26(25(34)18-29-14-7-16-33-17-15-30-19-33)32-28(36)23-8-5-6-9-24(23)31-27(35)21-10-12-22(37-3)13-11-21/h5-6,8-13,15,17,19-20,26,29H,4,7,14,16,18H2,1-3H3,(H,31,35)(H,32,36)/t20-,26+/m0/s1. The van der Waals surface area contributed by atoms with Crippen LogP contribution >= 0.6 is 0 Å². The average Bonchev–Trinajstić information content (AvgIpc) is 3.44. The fourth-order valence-corrected chi connectivity index (χ4v) is 3.85. The Kier molecular flexibility index (Phi) is 10.4. The van der Waals surface area contributed by atoms with Gasteiger partial charge in [0.05, 0.1) is 37.3 Å². The third-order valence-electron chi connectivity index (χ3n) is 6.25. The first-order valence-electron chi connectivity index (χ1n) is 12.5. The third-order valence-corrected chi connectivity index (χ3v) is 6.25. The molecule has 0 saturated carbocycles. The van der Waals surface area contributed by atoms with Crippen molar-refractivity contribution < 1.29 is 19.1 Å². The molecule has 0 bridgehead atoms. The number of ketones is 1. The second-order valence-electron chi connectivity index (χ2n) is 8.86. The zero-order valence-corrected chi connectivity index (χ0v) is 21.6. The number of hydrogen-bond acceptors (Lipinski definition) is 6. The van der Waals surface area contributed by atoms with Crippen LogP contribution < -0.4 is 20.7 Å². The molecule has 0 aliphatic rings. The Hall–Kier alpha value is -3.98. The lowest BCUT2D eigenvalue weighted by atomic mass is 9.94. The molecular formula is C28H35N5O4. The first kappa shape index (κ1) is 27.6. The van der Waals surface area contributed by atoms with E-state index in [4.69, 9.17) is 4.74 Å². The second-order valence-corrected chi connectivity index (χ2v) is 8.86.